The van der Waals surface area contributed by atoms with Gasteiger partial charge in [-0.2, -0.15) is 4.98 Å². The molecule has 0 aliphatic carbocycles. The summed E-state index contributed by atoms with van der Waals surface area (Å²) in [5, 5.41) is 5.20. The number of nitrogens with two attached hydrogens (primary N) is 1. The summed E-state index contributed by atoms with van der Waals surface area (Å²) in [6, 6.07) is 0. The lowest BCUT2D eigenvalue weighted by Crippen LogP contribution is -2.05. The standard InChI is InChI=1S/C6H9N5O/c1-8-4-2-9-6(7)11-5(4)10-3-12/h2-3,8H,1H3,(H3,7,9,10,11,12). The van der Waals surface area contributed by atoms with Crippen molar-refractivity contribution in [2.45, 2.75) is 0 Å². The van der Waals surface area contributed by atoms with Crippen LogP contribution in [0.4, 0.5) is 17.5 Å². The molecule has 0 saturated heterocycles. The second-order valence-electron chi connectivity index (χ2n) is 2.00. The largest absolute Gasteiger partial charge is 0.384 e. The fourth-order valence-electron chi connectivity index (χ4n) is 0.744. The number of carbonyl (C=O) groups is 1. The zero-order valence-electron chi connectivity index (χ0n) is 6.53. The molecule has 0 aromatic carbocycles. The van der Waals surface area contributed by atoms with E-state index in [4.69, 9.17) is 5.73 Å². The molecule has 64 valence electrons. The van der Waals surface area contributed by atoms with E-state index in [1.165, 1.54) is 6.20 Å². The van der Waals surface area contributed by atoms with Crippen molar-refractivity contribution < 1.29 is 4.79 Å². The monoisotopic (exact) mass is 167 g/mol. The van der Waals surface area contributed by atoms with Gasteiger partial charge in [-0.1, -0.05) is 0 Å². The number of nitrogens with zero attached hydrogens (tertiary/aromatic N) is 2. The Morgan fingerprint density at radius 3 is 3.00 bits per heavy atom. The third kappa shape index (κ3) is 1.60. The van der Waals surface area contributed by atoms with Crippen molar-refractivity contribution in [1.29, 1.82) is 0 Å². The Morgan fingerprint density at radius 2 is 2.42 bits per heavy atom. The summed E-state index contributed by atoms with van der Waals surface area (Å²) in [6.07, 6.45) is 2.02. The molecule has 6 heteroatoms. The molecular weight excluding hydrogens is 158 g/mol. The minimum atomic E-state index is 0.123. The van der Waals surface area contributed by atoms with Crippen LogP contribution in [0.1, 0.15) is 0 Å². The van der Waals surface area contributed by atoms with Gasteiger partial charge < -0.3 is 16.4 Å². The molecule has 0 atom stereocenters. The molecule has 4 N–H and O–H groups in total. The van der Waals surface area contributed by atoms with Gasteiger partial charge in [-0.25, -0.2) is 4.98 Å². The highest BCUT2D eigenvalue weighted by atomic mass is 16.1. The molecule has 0 fully saturated rings. The van der Waals surface area contributed by atoms with E-state index < -0.39 is 0 Å². The van der Waals surface area contributed by atoms with Crippen molar-refractivity contribution in [3.8, 4) is 0 Å². The van der Waals surface area contributed by atoms with E-state index in [9.17, 15) is 4.79 Å². The van der Waals surface area contributed by atoms with E-state index in [0.717, 1.165) is 0 Å². The molecule has 6 nitrogen and oxygen atoms in total. The van der Waals surface area contributed by atoms with Gasteiger partial charge in [0.25, 0.3) is 0 Å². The van der Waals surface area contributed by atoms with Crippen LogP contribution in [-0.2, 0) is 4.79 Å². The summed E-state index contributed by atoms with van der Waals surface area (Å²) in [5.41, 5.74) is 5.93. The predicted molar refractivity (Wildman–Crippen MR) is 45.7 cm³/mol. The Balaban J connectivity index is 3.03. The first-order valence-electron chi connectivity index (χ1n) is 3.28. The lowest BCUT2D eigenvalue weighted by atomic mass is 10.5. The van der Waals surface area contributed by atoms with Crippen molar-refractivity contribution in [2.75, 3.05) is 23.4 Å². The van der Waals surface area contributed by atoms with Crippen molar-refractivity contribution in [1.82, 2.24) is 9.97 Å². The van der Waals surface area contributed by atoms with Crippen LogP contribution in [0.15, 0.2) is 6.20 Å². The van der Waals surface area contributed by atoms with Crippen LogP contribution in [0.3, 0.4) is 0 Å². The molecule has 12 heavy (non-hydrogen) atoms. The van der Waals surface area contributed by atoms with Crippen molar-refractivity contribution in [2.24, 2.45) is 0 Å². The third-order valence-electron chi connectivity index (χ3n) is 1.27. The fraction of sp³-hybridized carbons (Fsp3) is 0.167. The highest BCUT2D eigenvalue weighted by Crippen LogP contribution is 2.16. The molecule has 1 rings (SSSR count). The number of rotatable bonds is 3. The maximum atomic E-state index is 10.1. The number of carbonyl (C=O) groups excluding carboxylic acids is 1. The highest BCUT2D eigenvalue weighted by Gasteiger charge is 2.01. The summed E-state index contributed by atoms with van der Waals surface area (Å²) < 4.78 is 0. The molecule has 0 unspecified atom stereocenters. The van der Waals surface area contributed by atoms with E-state index in [1.54, 1.807) is 7.05 Å². The number of nitrogen functional groups attached to an aromatic ring is 1. The van der Waals surface area contributed by atoms with E-state index >= 15 is 0 Å². The van der Waals surface area contributed by atoms with E-state index in [-0.39, 0.29) is 5.95 Å². The van der Waals surface area contributed by atoms with Crippen LogP contribution < -0.4 is 16.4 Å². The van der Waals surface area contributed by atoms with Gasteiger partial charge >= 0.3 is 0 Å². The molecule has 1 heterocycles. The molecule has 1 aromatic rings. The molecule has 1 amide bonds. The number of hydrogen-bond acceptors (Lipinski definition) is 5. The SMILES string of the molecule is CNc1cnc(N)nc1NC=O. The number of amides is 1. The summed E-state index contributed by atoms with van der Waals surface area (Å²) in [7, 11) is 1.70. The quantitative estimate of drug-likeness (QED) is 0.536. The molecule has 0 aliphatic heterocycles. The molecule has 0 radical (unpaired) electrons. The van der Waals surface area contributed by atoms with Gasteiger partial charge in [-0.15, -0.1) is 0 Å². The van der Waals surface area contributed by atoms with Crippen molar-refractivity contribution in [3.63, 3.8) is 0 Å². The number of anilines is 3. The van der Waals surface area contributed by atoms with E-state index in [2.05, 4.69) is 20.6 Å². The van der Waals surface area contributed by atoms with Crippen LogP contribution in [-0.4, -0.2) is 23.4 Å². The minimum absolute atomic E-state index is 0.123. The fourth-order valence-corrected chi connectivity index (χ4v) is 0.744. The molecule has 0 bridgehead atoms. The van der Waals surface area contributed by atoms with Crippen LogP contribution in [0.5, 0.6) is 0 Å². The smallest absolute Gasteiger partial charge is 0.222 e. The van der Waals surface area contributed by atoms with Crippen molar-refractivity contribution >= 4 is 23.9 Å². The van der Waals surface area contributed by atoms with Crippen molar-refractivity contribution in [3.05, 3.63) is 6.20 Å². The van der Waals surface area contributed by atoms with Crippen LogP contribution >= 0.6 is 0 Å². The molecule has 0 aliphatic rings. The van der Waals surface area contributed by atoms with Gasteiger partial charge in [0.05, 0.1) is 11.9 Å². The van der Waals surface area contributed by atoms with E-state index in [1.807, 2.05) is 0 Å². The first kappa shape index (κ1) is 8.25. The lowest BCUT2D eigenvalue weighted by molar-refractivity contribution is -0.105. The maximum absolute atomic E-state index is 10.1. The van der Waals surface area contributed by atoms with Gasteiger partial charge in [0.2, 0.25) is 12.4 Å². The van der Waals surface area contributed by atoms with Gasteiger partial charge in [0.15, 0.2) is 5.82 Å². The third-order valence-corrected chi connectivity index (χ3v) is 1.27. The first-order valence-corrected chi connectivity index (χ1v) is 3.28. The highest BCUT2D eigenvalue weighted by molar-refractivity contribution is 5.77. The van der Waals surface area contributed by atoms with Crippen LogP contribution in [0, 0.1) is 0 Å². The summed E-state index contributed by atoms with van der Waals surface area (Å²) >= 11 is 0. The zero-order valence-corrected chi connectivity index (χ0v) is 6.53. The number of aromatic nitrogens is 2. The zero-order chi connectivity index (χ0) is 8.97. The summed E-state index contributed by atoms with van der Waals surface area (Å²) in [5.74, 6) is 0.498. The molecule has 0 spiro atoms. The Bertz CT molecular complexity index is 287. The molecular formula is C6H9N5O. The van der Waals surface area contributed by atoms with E-state index in [0.29, 0.717) is 17.9 Å². The van der Waals surface area contributed by atoms with Gasteiger partial charge in [-0.3, -0.25) is 4.79 Å². The lowest BCUT2D eigenvalue weighted by Gasteiger charge is -2.05. The normalized spacial score (nSPS) is 9.08. The average molecular weight is 167 g/mol. The minimum Gasteiger partial charge on any atom is -0.384 e. The number of nitrogens with one attached hydrogen (secondary N) is 2. The Hall–Kier alpha value is -1.85. The summed E-state index contributed by atoms with van der Waals surface area (Å²) in [6.45, 7) is 0. The molecule has 1 aromatic heterocycles. The molecule has 0 saturated carbocycles. The Labute approximate surface area is 69.2 Å². The number of hydrogen-bond donors (Lipinski definition) is 3. The second kappa shape index (κ2) is 3.51. The first-order chi connectivity index (χ1) is 5.77. The van der Waals surface area contributed by atoms with Gasteiger partial charge in [0.1, 0.15) is 0 Å². The van der Waals surface area contributed by atoms with Gasteiger partial charge in [0, 0.05) is 7.05 Å². The van der Waals surface area contributed by atoms with Crippen LogP contribution in [0.25, 0.3) is 0 Å². The Morgan fingerprint density at radius 1 is 1.67 bits per heavy atom. The predicted octanol–water partition coefficient (Wildman–Crippen LogP) is -0.331. The van der Waals surface area contributed by atoms with Crippen LogP contribution in [0.2, 0.25) is 0 Å². The summed E-state index contributed by atoms with van der Waals surface area (Å²) in [4.78, 5) is 17.7. The topological polar surface area (TPSA) is 92.9 Å². The average Bonchev–Trinajstić information content (AvgIpc) is 2.05. The Kier molecular flexibility index (Phi) is 2.42. The maximum Gasteiger partial charge on any atom is 0.222 e. The van der Waals surface area contributed by atoms with Gasteiger partial charge in [-0.05, 0) is 0 Å². The second-order valence-corrected chi connectivity index (χ2v) is 2.00.